The van der Waals surface area contributed by atoms with Crippen LogP contribution in [0.4, 0.5) is 10.2 Å². The zero-order valence-corrected chi connectivity index (χ0v) is 18.8. The molecule has 33 heavy (non-hydrogen) atoms. The first-order valence-corrected chi connectivity index (χ1v) is 11.7. The van der Waals surface area contributed by atoms with E-state index >= 15 is 0 Å². The normalized spacial score (nSPS) is 23.2. The number of anilines is 1. The maximum Gasteiger partial charge on any atom is 0.305 e. The van der Waals surface area contributed by atoms with Crippen LogP contribution in [0.2, 0.25) is 0 Å². The Morgan fingerprint density at radius 3 is 2.76 bits per heavy atom. The summed E-state index contributed by atoms with van der Waals surface area (Å²) in [7, 11) is 1.45. The van der Waals surface area contributed by atoms with Gasteiger partial charge in [0, 0.05) is 31.3 Å². The molecule has 0 amide bonds. The summed E-state index contributed by atoms with van der Waals surface area (Å²) in [5, 5.41) is 0. The second-order valence-electron chi connectivity index (χ2n) is 9.07. The molecular formula is C25H29FN4O3. The van der Waals surface area contributed by atoms with Crippen LogP contribution in [0.25, 0.3) is 22.4 Å². The van der Waals surface area contributed by atoms with Gasteiger partial charge in [-0.25, -0.2) is 14.4 Å². The van der Waals surface area contributed by atoms with Crippen molar-refractivity contribution in [1.82, 2.24) is 15.0 Å². The van der Waals surface area contributed by atoms with E-state index in [0.29, 0.717) is 23.7 Å². The lowest BCUT2D eigenvalue weighted by Crippen LogP contribution is -2.30. The van der Waals surface area contributed by atoms with E-state index in [9.17, 15) is 9.18 Å². The average molecular weight is 453 g/mol. The largest absolute Gasteiger partial charge is 0.469 e. The maximum absolute atomic E-state index is 13.4. The van der Waals surface area contributed by atoms with Gasteiger partial charge in [-0.3, -0.25) is 4.79 Å². The summed E-state index contributed by atoms with van der Waals surface area (Å²) < 4.78 is 24.6. The Kier molecular flexibility index (Phi) is 6.26. The predicted octanol–water partition coefficient (Wildman–Crippen LogP) is 4.48. The van der Waals surface area contributed by atoms with Crippen LogP contribution in [0.5, 0.6) is 0 Å². The lowest BCUT2D eigenvalue weighted by atomic mass is 9.85. The van der Waals surface area contributed by atoms with Crippen LogP contribution in [0.3, 0.4) is 0 Å². The van der Waals surface area contributed by atoms with Gasteiger partial charge in [-0.05, 0) is 68.4 Å². The Bertz CT molecular complexity index is 1110. The fourth-order valence-electron chi connectivity index (χ4n) is 4.94. The summed E-state index contributed by atoms with van der Waals surface area (Å²) in [4.78, 5) is 26.1. The molecule has 3 heterocycles. The number of pyridine rings is 1. The van der Waals surface area contributed by atoms with Gasteiger partial charge in [0.1, 0.15) is 17.5 Å². The van der Waals surface area contributed by atoms with E-state index in [4.69, 9.17) is 9.47 Å². The lowest BCUT2D eigenvalue weighted by Gasteiger charge is -2.30. The van der Waals surface area contributed by atoms with Gasteiger partial charge in [0.15, 0.2) is 0 Å². The second-order valence-corrected chi connectivity index (χ2v) is 9.07. The highest BCUT2D eigenvalue weighted by Gasteiger charge is 2.30. The molecule has 2 aliphatic rings. The third-order valence-corrected chi connectivity index (χ3v) is 6.80. The number of imidazole rings is 1. The molecule has 0 spiro atoms. The Morgan fingerprint density at radius 2 is 2.00 bits per heavy atom. The van der Waals surface area contributed by atoms with E-state index in [0.717, 1.165) is 62.1 Å². The van der Waals surface area contributed by atoms with Gasteiger partial charge < -0.3 is 19.4 Å². The Morgan fingerprint density at radius 1 is 1.15 bits per heavy atom. The van der Waals surface area contributed by atoms with Crippen LogP contribution < -0.4 is 4.90 Å². The zero-order chi connectivity index (χ0) is 22.8. The molecule has 1 saturated heterocycles. The SMILES string of the molecule is COC(=O)CC1CCC(O[C@@H]2CCN(c3ccc(-c4nc5ccc(F)cc5[nH]4)cn3)C2)CC1. The number of nitrogens with zero attached hydrogens (tertiary/aromatic N) is 3. The molecule has 1 aromatic carbocycles. The standard InChI is InChI=1S/C25H29FN4O3/c1-32-24(31)12-16-2-6-19(7-3-16)33-20-10-11-30(15-20)23-9-4-17(14-27-23)25-28-21-8-5-18(26)13-22(21)29-25/h4-5,8-9,13-14,16,19-20H,2-3,6-7,10-12,15H2,1H3,(H,28,29)/t16?,19?,20-/m1/s1. The predicted molar refractivity (Wildman–Crippen MR) is 123 cm³/mol. The highest BCUT2D eigenvalue weighted by Crippen LogP contribution is 2.31. The number of fused-ring (bicyclic) bond motifs is 1. The Labute approximate surface area is 192 Å². The number of benzene rings is 1. The number of halogens is 1. The number of methoxy groups -OCH3 is 1. The molecule has 0 unspecified atom stereocenters. The van der Waals surface area contributed by atoms with E-state index in [1.54, 1.807) is 12.3 Å². The fraction of sp³-hybridized carbons (Fsp3) is 0.480. The number of rotatable bonds is 6. The zero-order valence-electron chi connectivity index (χ0n) is 18.8. The van der Waals surface area contributed by atoms with Crippen molar-refractivity contribution in [2.45, 2.75) is 50.7 Å². The smallest absolute Gasteiger partial charge is 0.305 e. The maximum atomic E-state index is 13.4. The third-order valence-electron chi connectivity index (χ3n) is 6.80. The van der Waals surface area contributed by atoms with Gasteiger partial charge in [-0.2, -0.15) is 0 Å². The minimum Gasteiger partial charge on any atom is -0.469 e. The molecule has 1 N–H and O–H groups in total. The van der Waals surface area contributed by atoms with Crippen LogP contribution in [-0.2, 0) is 14.3 Å². The van der Waals surface area contributed by atoms with Gasteiger partial charge in [0.2, 0.25) is 0 Å². The molecule has 0 radical (unpaired) electrons. The molecule has 7 nitrogen and oxygen atoms in total. The number of aromatic amines is 1. The first kappa shape index (κ1) is 21.8. The quantitative estimate of drug-likeness (QED) is 0.556. The third kappa shape index (κ3) is 5.00. The van der Waals surface area contributed by atoms with Crippen molar-refractivity contribution >= 4 is 22.8 Å². The Balaban J connectivity index is 1.14. The number of nitrogens with one attached hydrogen (secondary N) is 1. The van der Waals surface area contributed by atoms with Gasteiger partial charge >= 0.3 is 5.97 Å². The molecule has 0 bridgehead atoms. The number of H-pyrrole nitrogens is 1. The van der Waals surface area contributed by atoms with Crippen molar-refractivity contribution in [2.24, 2.45) is 5.92 Å². The van der Waals surface area contributed by atoms with Crippen molar-refractivity contribution in [3.63, 3.8) is 0 Å². The average Bonchev–Trinajstić information content (AvgIpc) is 3.47. The van der Waals surface area contributed by atoms with Crippen molar-refractivity contribution < 1.29 is 18.7 Å². The van der Waals surface area contributed by atoms with Crippen molar-refractivity contribution in [1.29, 1.82) is 0 Å². The summed E-state index contributed by atoms with van der Waals surface area (Å²) >= 11 is 0. The van der Waals surface area contributed by atoms with E-state index in [2.05, 4.69) is 19.9 Å². The molecule has 2 aromatic heterocycles. The number of ether oxygens (including phenoxy) is 2. The highest BCUT2D eigenvalue weighted by molar-refractivity contribution is 5.79. The fourth-order valence-corrected chi connectivity index (χ4v) is 4.94. The number of esters is 1. The molecule has 1 aliphatic carbocycles. The molecule has 1 atom stereocenters. The number of hydrogen-bond donors (Lipinski definition) is 1. The molecule has 3 aromatic rings. The van der Waals surface area contributed by atoms with Crippen molar-refractivity contribution in [2.75, 3.05) is 25.1 Å². The first-order valence-electron chi connectivity index (χ1n) is 11.7. The van der Waals surface area contributed by atoms with Gasteiger partial charge in [0.05, 0.1) is 30.4 Å². The molecule has 2 fully saturated rings. The lowest BCUT2D eigenvalue weighted by molar-refractivity contribution is -0.142. The second kappa shape index (κ2) is 9.47. The summed E-state index contributed by atoms with van der Waals surface area (Å²) in [6, 6.07) is 8.52. The van der Waals surface area contributed by atoms with E-state index in [1.807, 2.05) is 12.1 Å². The van der Waals surface area contributed by atoms with Gasteiger partial charge in [0.25, 0.3) is 0 Å². The molecule has 174 valence electrons. The summed E-state index contributed by atoms with van der Waals surface area (Å²) in [5.74, 6) is 1.63. The number of aromatic nitrogens is 3. The topological polar surface area (TPSA) is 80.3 Å². The van der Waals surface area contributed by atoms with Crippen LogP contribution in [0.15, 0.2) is 36.5 Å². The number of carbonyl (C=O) groups is 1. The van der Waals surface area contributed by atoms with E-state index in [1.165, 1.54) is 19.2 Å². The number of hydrogen-bond acceptors (Lipinski definition) is 6. The monoisotopic (exact) mass is 452 g/mol. The summed E-state index contributed by atoms with van der Waals surface area (Å²) in [6.45, 7) is 1.75. The van der Waals surface area contributed by atoms with E-state index in [-0.39, 0.29) is 24.0 Å². The summed E-state index contributed by atoms with van der Waals surface area (Å²) in [5.41, 5.74) is 2.27. The van der Waals surface area contributed by atoms with Crippen LogP contribution in [0, 0.1) is 11.7 Å². The van der Waals surface area contributed by atoms with Crippen LogP contribution in [0.1, 0.15) is 38.5 Å². The van der Waals surface area contributed by atoms with Gasteiger partial charge in [-0.1, -0.05) is 0 Å². The highest BCUT2D eigenvalue weighted by atomic mass is 19.1. The molecular weight excluding hydrogens is 423 g/mol. The van der Waals surface area contributed by atoms with Crippen LogP contribution >= 0.6 is 0 Å². The molecule has 5 rings (SSSR count). The Hall–Kier alpha value is -3.00. The minimum atomic E-state index is -0.286. The van der Waals surface area contributed by atoms with Crippen LogP contribution in [-0.4, -0.2) is 53.3 Å². The van der Waals surface area contributed by atoms with Crippen molar-refractivity contribution in [3.8, 4) is 11.4 Å². The number of carbonyl (C=O) groups excluding carboxylic acids is 1. The van der Waals surface area contributed by atoms with E-state index < -0.39 is 0 Å². The summed E-state index contributed by atoms with van der Waals surface area (Å²) in [6.07, 6.45) is 7.85. The minimum absolute atomic E-state index is 0.112. The first-order chi connectivity index (χ1) is 16.1. The van der Waals surface area contributed by atoms with Crippen molar-refractivity contribution in [3.05, 3.63) is 42.3 Å². The molecule has 1 aliphatic heterocycles. The molecule has 8 heteroatoms. The van der Waals surface area contributed by atoms with Gasteiger partial charge in [-0.15, -0.1) is 0 Å². The molecule has 1 saturated carbocycles.